The van der Waals surface area contributed by atoms with Crippen LogP contribution in [0.15, 0.2) is 0 Å². The summed E-state index contributed by atoms with van der Waals surface area (Å²) in [5.74, 6) is -3.98. The topological polar surface area (TPSA) is 121 Å². The second kappa shape index (κ2) is 7.41. The number of Topliss-reactive ketones (excluding diaryl/α,β-unsaturated/α-hetero) is 1. The van der Waals surface area contributed by atoms with Gasteiger partial charge >= 0.3 is 11.9 Å². The second-order valence-corrected chi connectivity index (χ2v) is 4.10. The number of carboxylic acid groups (broad SMARTS) is 2. The third-order valence-corrected chi connectivity index (χ3v) is 2.34. The summed E-state index contributed by atoms with van der Waals surface area (Å²) in [4.78, 5) is 43.7. The molecular formula is C11H17NO6. The van der Waals surface area contributed by atoms with Crippen molar-refractivity contribution in [3.63, 3.8) is 0 Å². The molecule has 18 heavy (non-hydrogen) atoms. The number of ketones is 1. The predicted molar refractivity (Wildman–Crippen MR) is 60.9 cm³/mol. The molecule has 7 heteroatoms. The van der Waals surface area contributed by atoms with Crippen molar-refractivity contribution in [2.24, 2.45) is 5.92 Å². The van der Waals surface area contributed by atoms with Crippen molar-refractivity contribution in [3.05, 3.63) is 0 Å². The van der Waals surface area contributed by atoms with Crippen LogP contribution in [0.25, 0.3) is 0 Å². The molecule has 3 N–H and O–H groups in total. The summed E-state index contributed by atoms with van der Waals surface area (Å²) in [5.41, 5.74) is 0. The molecule has 0 unspecified atom stereocenters. The maximum atomic E-state index is 11.7. The van der Waals surface area contributed by atoms with Crippen LogP contribution in [-0.4, -0.2) is 39.9 Å². The molecule has 0 rings (SSSR count). The number of hydrogen-bond donors (Lipinski definition) is 3. The van der Waals surface area contributed by atoms with E-state index in [-0.39, 0.29) is 19.3 Å². The molecule has 0 aromatic rings. The van der Waals surface area contributed by atoms with Gasteiger partial charge in [-0.2, -0.15) is 0 Å². The van der Waals surface area contributed by atoms with Gasteiger partial charge in [0.1, 0.15) is 0 Å². The number of aliphatic carboxylic acids is 2. The second-order valence-electron chi connectivity index (χ2n) is 4.10. The Bertz CT molecular complexity index is 351. The van der Waals surface area contributed by atoms with E-state index in [2.05, 4.69) is 5.32 Å². The number of carbonyl (C=O) groups is 4. The van der Waals surface area contributed by atoms with Crippen molar-refractivity contribution in [1.82, 2.24) is 5.32 Å². The summed E-state index contributed by atoms with van der Waals surface area (Å²) in [7, 11) is 0. The van der Waals surface area contributed by atoms with E-state index in [1.807, 2.05) is 0 Å². The van der Waals surface area contributed by atoms with Gasteiger partial charge in [0, 0.05) is 19.8 Å². The first-order chi connectivity index (χ1) is 8.23. The maximum absolute atomic E-state index is 11.7. The summed E-state index contributed by atoms with van der Waals surface area (Å²) >= 11 is 0. The molecule has 0 spiro atoms. The van der Waals surface area contributed by atoms with Gasteiger partial charge in [-0.15, -0.1) is 0 Å². The number of hydrogen-bond acceptors (Lipinski definition) is 4. The fraction of sp³-hybridized carbons (Fsp3) is 0.636. The van der Waals surface area contributed by atoms with E-state index in [0.29, 0.717) is 0 Å². The zero-order chi connectivity index (χ0) is 14.3. The van der Waals surface area contributed by atoms with Gasteiger partial charge < -0.3 is 15.5 Å². The van der Waals surface area contributed by atoms with Crippen molar-refractivity contribution in [3.8, 4) is 0 Å². The molecule has 0 saturated heterocycles. The molecule has 0 aromatic heterocycles. The van der Waals surface area contributed by atoms with Crippen LogP contribution in [0.3, 0.4) is 0 Å². The van der Waals surface area contributed by atoms with E-state index < -0.39 is 35.6 Å². The molecule has 1 amide bonds. The lowest BCUT2D eigenvalue weighted by atomic mass is 9.97. The predicted octanol–water partition coefficient (Wildman–Crippen LogP) is 0.0358. The van der Waals surface area contributed by atoms with Gasteiger partial charge in [-0.25, -0.2) is 0 Å². The van der Waals surface area contributed by atoms with Crippen LogP contribution >= 0.6 is 0 Å². The first kappa shape index (κ1) is 16.1. The number of carboxylic acids is 2. The van der Waals surface area contributed by atoms with Crippen LogP contribution < -0.4 is 5.32 Å². The van der Waals surface area contributed by atoms with E-state index in [0.717, 1.165) is 0 Å². The van der Waals surface area contributed by atoms with Crippen molar-refractivity contribution < 1.29 is 29.4 Å². The molecule has 0 aliphatic carbocycles. The lowest BCUT2D eigenvalue weighted by molar-refractivity contribution is -0.143. The molecule has 0 saturated carbocycles. The molecule has 0 aromatic carbocycles. The van der Waals surface area contributed by atoms with Crippen LogP contribution in [0.1, 0.15) is 33.1 Å². The molecule has 2 atom stereocenters. The van der Waals surface area contributed by atoms with Crippen molar-refractivity contribution >= 4 is 23.6 Å². The Morgan fingerprint density at radius 2 is 1.72 bits per heavy atom. The molecule has 0 heterocycles. The van der Waals surface area contributed by atoms with Crippen LogP contribution in [0.4, 0.5) is 0 Å². The average Bonchev–Trinajstić information content (AvgIpc) is 2.22. The third-order valence-electron chi connectivity index (χ3n) is 2.34. The monoisotopic (exact) mass is 259 g/mol. The fourth-order valence-electron chi connectivity index (χ4n) is 1.36. The van der Waals surface area contributed by atoms with Crippen molar-refractivity contribution in [2.75, 3.05) is 0 Å². The van der Waals surface area contributed by atoms with Gasteiger partial charge in [-0.3, -0.25) is 19.2 Å². The molecule has 0 aliphatic heterocycles. The van der Waals surface area contributed by atoms with E-state index in [1.165, 1.54) is 13.8 Å². The summed E-state index contributed by atoms with van der Waals surface area (Å²) in [6, 6.07) is -0.944. The molecule has 0 aliphatic rings. The largest absolute Gasteiger partial charge is 0.481 e. The zero-order valence-electron chi connectivity index (χ0n) is 10.3. The molecule has 0 radical (unpaired) electrons. The summed E-state index contributed by atoms with van der Waals surface area (Å²) in [6.07, 6.45) is -0.544. The molecule has 0 fully saturated rings. The van der Waals surface area contributed by atoms with Crippen LogP contribution in [0.5, 0.6) is 0 Å². The van der Waals surface area contributed by atoms with E-state index >= 15 is 0 Å². The minimum absolute atomic E-state index is 0.0416. The highest BCUT2D eigenvalue weighted by Gasteiger charge is 2.24. The smallest absolute Gasteiger partial charge is 0.306 e. The van der Waals surface area contributed by atoms with E-state index in [4.69, 9.17) is 10.2 Å². The van der Waals surface area contributed by atoms with Gasteiger partial charge in [0.2, 0.25) is 5.91 Å². The normalized spacial score (nSPS) is 13.4. The first-order valence-electron chi connectivity index (χ1n) is 5.48. The highest BCUT2D eigenvalue weighted by atomic mass is 16.4. The summed E-state index contributed by atoms with van der Waals surface area (Å²) in [5, 5.41) is 19.5. The Labute approximate surface area is 104 Å². The number of nitrogens with one attached hydrogen (secondary N) is 1. The minimum atomic E-state index is -1.11. The van der Waals surface area contributed by atoms with Gasteiger partial charge in [0.15, 0.2) is 5.78 Å². The highest BCUT2D eigenvalue weighted by molar-refractivity contribution is 5.91. The average molecular weight is 259 g/mol. The zero-order valence-corrected chi connectivity index (χ0v) is 10.3. The summed E-state index contributed by atoms with van der Waals surface area (Å²) in [6.45, 7) is 2.59. The summed E-state index contributed by atoms with van der Waals surface area (Å²) < 4.78 is 0. The Kier molecular flexibility index (Phi) is 6.62. The lowest BCUT2D eigenvalue weighted by Crippen LogP contribution is -2.41. The maximum Gasteiger partial charge on any atom is 0.306 e. The molecule has 7 nitrogen and oxygen atoms in total. The molecule has 0 bridgehead atoms. The Hall–Kier alpha value is -1.92. The van der Waals surface area contributed by atoms with Gasteiger partial charge in [0.25, 0.3) is 0 Å². The standard InChI is InChI=1S/C11H17NO6/c1-6(11(17)18)5-9(14)8(12-7(2)13)3-4-10(15)16/h6,8H,3-5H2,1-2H3,(H,12,13)(H,15,16)(H,17,18)/t6-,8+/m1/s1. The Morgan fingerprint density at radius 3 is 2.11 bits per heavy atom. The highest BCUT2D eigenvalue weighted by Crippen LogP contribution is 2.09. The number of amides is 1. The minimum Gasteiger partial charge on any atom is -0.481 e. The van der Waals surface area contributed by atoms with Crippen LogP contribution in [0.2, 0.25) is 0 Å². The van der Waals surface area contributed by atoms with Crippen molar-refractivity contribution in [2.45, 2.75) is 39.2 Å². The fourth-order valence-corrected chi connectivity index (χ4v) is 1.36. The Morgan fingerprint density at radius 1 is 1.17 bits per heavy atom. The quantitative estimate of drug-likeness (QED) is 0.565. The van der Waals surface area contributed by atoms with Crippen molar-refractivity contribution in [1.29, 1.82) is 0 Å². The van der Waals surface area contributed by atoms with Crippen LogP contribution in [-0.2, 0) is 19.2 Å². The first-order valence-corrected chi connectivity index (χ1v) is 5.48. The SMILES string of the molecule is CC(=O)N[C@@H](CCC(=O)O)C(=O)C[C@@H](C)C(=O)O. The van der Waals surface area contributed by atoms with Gasteiger partial charge in [0.05, 0.1) is 12.0 Å². The number of rotatable bonds is 8. The van der Waals surface area contributed by atoms with E-state index in [9.17, 15) is 19.2 Å². The number of carbonyl (C=O) groups excluding carboxylic acids is 2. The van der Waals surface area contributed by atoms with E-state index in [1.54, 1.807) is 0 Å². The molecule has 102 valence electrons. The van der Waals surface area contributed by atoms with Gasteiger partial charge in [-0.05, 0) is 6.42 Å². The molecular weight excluding hydrogens is 242 g/mol. The van der Waals surface area contributed by atoms with Crippen LogP contribution in [0, 0.1) is 5.92 Å². The lowest BCUT2D eigenvalue weighted by Gasteiger charge is -2.16. The third kappa shape index (κ3) is 6.62. The van der Waals surface area contributed by atoms with Gasteiger partial charge in [-0.1, -0.05) is 6.92 Å². The Balaban J connectivity index is 4.53.